The van der Waals surface area contributed by atoms with Crippen LogP contribution in [0.3, 0.4) is 0 Å². The summed E-state index contributed by atoms with van der Waals surface area (Å²) in [5.41, 5.74) is 5.76. The largest absolute Gasteiger partial charge is 0.378 e. The van der Waals surface area contributed by atoms with Gasteiger partial charge in [-0.25, -0.2) is 4.98 Å². The number of fused-ring (bicyclic) bond motifs is 1. The molecule has 180 valence electrons. The summed E-state index contributed by atoms with van der Waals surface area (Å²) in [5.74, 6) is 0.0307. The highest BCUT2D eigenvalue weighted by Crippen LogP contribution is 2.36. The fraction of sp³-hybridized carbons (Fsp3) is 0.233. The van der Waals surface area contributed by atoms with Crippen molar-refractivity contribution in [1.29, 1.82) is 0 Å². The van der Waals surface area contributed by atoms with Crippen LogP contribution in [0, 0.1) is 0 Å². The molecule has 6 rings (SSSR count). The molecule has 0 spiro atoms. The van der Waals surface area contributed by atoms with Crippen LogP contribution in [-0.4, -0.2) is 72.4 Å². The quantitative estimate of drug-likeness (QED) is 0.395. The second kappa shape index (κ2) is 9.64. The molecule has 2 fully saturated rings. The van der Waals surface area contributed by atoms with Crippen molar-refractivity contribution in [1.82, 2.24) is 14.8 Å². The first-order chi connectivity index (χ1) is 17.7. The molecule has 0 atom stereocenters. The highest BCUT2D eigenvalue weighted by atomic mass is 16.5. The lowest BCUT2D eigenvalue weighted by molar-refractivity contribution is -0.0746. The molecule has 36 heavy (non-hydrogen) atoms. The first-order valence-electron chi connectivity index (χ1n) is 12.4. The van der Waals surface area contributed by atoms with E-state index in [0.29, 0.717) is 35.9 Å². The maximum atomic E-state index is 13.5. The number of rotatable bonds is 5. The minimum atomic E-state index is 0.0307. The lowest BCUT2D eigenvalue weighted by Gasteiger charge is -2.42. The van der Waals surface area contributed by atoms with Crippen LogP contribution in [-0.2, 0) is 4.74 Å². The summed E-state index contributed by atoms with van der Waals surface area (Å²) in [6.07, 6.45) is 0.778. The van der Waals surface area contributed by atoms with E-state index in [1.807, 2.05) is 59.5 Å². The number of pyridine rings is 1. The SMILES string of the molecule is O=Cc1cc(-c2ccccc2-c2ccccc2)c2cc(C(=O)N3CCN(C4COC4)CC3)ccc2n1. The topological polar surface area (TPSA) is 62.7 Å². The molecule has 1 aromatic heterocycles. The average Bonchev–Trinajstić information content (AvgIpc) is 2.91. The molecule has 4 aromatic rings. The highest BCUT2D eigenvalue weighted by molar-refractivity contribution is 6.05. The molecule has 0 radical (unpaired) electrons. The Bertz CT molecular complexity index is 1420. The number of benzene rings is 3. The maximum Gasteiger partial charge on any atom is 0.253 e. The van der Waals surface area contributed by atoms with Crippen LogP contribution in [0.4, 0.5) is 0 Å². The van der Waals surface area contributed by atoms with Crippen molar-refractivity contribution >= 4 is 23.1 Å². The summed E-state index contributed by atoms with van der Waals surface area (Å²) in [5, 5.41) is 0.861. The minimum Gasteiger partial charge on any atom is -0.378 e. The summed E-state index contributed by atoms with van der Waals surface area (Å²) in [4.78, 5) is 34.1. The zero-order valence-electron chi connectivity index (χ0n) is 20.0. The van der Waals surface area contributed by atoms with Crippen LogP contribution in [0.25, 0.3) is 33.2 Å². The predicted molar refractivity (Wildman–Crippen MR) is 140 cm³/mol. The lowest BCUT2D eigenvalue weighted by atomic mass is 9.91. The Balaban J connectivity index is 1.39. The third-order valence-corrected chi connectivity index (χ3v) is 7.24. The van der Waals surface area contributed by atoms with Crippen LogP contribution in [0.2, 0.25) is 0 Å². The highest BCUT2D eigenvalue weighted by Gasteiger charge is 2.30. The van der Waals surface area contributed by atoms with E-state index < -0.39 is 0 Å². The molecule has 1 amide bonds. The van der Waals surface area contributed by atoms with E-state index in [-0.39, 0.29) is 5.91 Å². The van der Waals surface area contributed by atoms with Gasteiger partial charge in [0.25, 0.3) is 5.91 Å². The number of carbonyl (C=O) groups excluding carboxylic acids is 2. The van der Waals surface area contributed by atoms with Gasteiger partial charge in [0.1, 0.15) is 5.69 Å². The summed E-state index contributed by atoms with van der Waals surface area (Å²) in [7, 11) is 0. The van der Waals surface area contributed by atoms with Crippen molar-refractivity contribution in [2.75, 3.05) is 39.4 Å². The van der Waals surface area contributed by atoms with Gasteiger partial charge in [0.15, 0.2) is 6.29 Å². The number of amides is 1. The van der Waals surface area contributed by atoms with Crippen LogP contribution in [0.5, 0.6) is 0 Å². The fourth-order valence-electron chi connectivity index (χ4n) is 5.16. The van der Waals surface area contributed by atoms with Crippen LogP contribution < -0.4 is 0 Å². The molecule has 6 heteroatoms. The molecular weight excluding hydrogens is 450 g/mol. The number of hydrogen-bond donors (Lipinski definition) is 0. The Morgan fingerprint density at radius 2 is 1.56 bits per heavy atom. The number of hydrogen-bond acceptors (Lipinski definition) is 5. The van der Waals surface area contributed by atoms with E-state index in [9.17, 15) is 9.59 Å². The van der Waals surface area contributed by atoms with E-state index in [0.717, 1.165) is 60.2 Å². The molecule has 2 aliphatic rings. The molecule has 3 aromatic carbocycles. The van der Waals surface area contributed by atoms with E-state index in [1.54, 1.807) is 0 Å². The minimum absolute atomic E-state index is 0.0307. The number of aldehydes is 1. The standard InChI is InChI=1S/C30H27N3O3/c34-18-23-17-27(26-9-5-4-8-25(26)21-6-2-1-3-7-21)28-16-22(10-11-29(28)31-23)30(35)33-14-12-32(13-15-33)24-19-36-20-24/h1-11,16-18,24H,12-15,19-20H2. The number of aromatic nitrogens is 1. The Morgan fingerprint density at radius 1 is 0.833 bits per heavy atom. The lowest BCUT2D eigenvalue weighted by Crippen LogP contribution is -2.57. The van der Waals surface area contributed by atoms with Crippen molar-refractivity contribution in [3.05, 3.63) is 90.1 Å². The van der Waals surface area contributed by atoms with Crippen LogP contribution in [0.15, 0.2) is 78.9 Å². The zero-order chi connectivity index (χ0) is 24.5. The second-order valence-corrected chi connectivity index (χ2v) is 9.38. The van der Waals surface area contributed by atoms with E-state index in [1.165, 1.54) is 0 Å². The van der Waals surface area contributed by atoms with Crippen molar-refractivity contribution in [3.63, 3.8) is 0 Å². The average molecular weight is 478 g/mol. The van der Waals surface area contributed by atoms with Crippen molar-refractivity contribution in [3.8, 4) is 22.3 Å². The molecule has 2 aliphatic heterocycles. The van der Waals surface area contributed by atoms with Gasteiger partial charge in [-0.1, -0.05) is 54.6 Å². The second-order valence-electron chi connectivity index (χ2n) is 9.38. The van der Waals surface area contributed by atoms with Crippen LogP contribution >= 0.6 is 0 Å². The third-order valence-electron chi connectivity index (χ3n) is 7.24. The Kier molecular flexibility index (Phi) is 6.05. The number of carbonyl (C=O) groups is 2. The Hall–Kier alpha value is -3.87. The molecule has 6 nitrogen and oxygen atoms in total. The first kappa shape index (κ1) is 22.6. The first-order valence-corrected chi connectivity index (χ1v) is 12.4. The summed E-state index contributed by atoms with van der Waals surface area (Å²) in [6.45, 7) is 4.74. The van der Waals surface area contributed by atoms with Crippen LogP contribution in [0.1, 0.15) is 20.8 Å². The molecule has 0 N–H and O–H groups in total. The van der Waals surface area contributed by atoms with Gasteiger partial charge < -0.3 is 9.64 Å². The maximum absolute atomic E-state index is 13.5. The summed E-state index contributed by atoms with van der Waals surface area (Å²) >= 11 is 0. The zero-order valence-corrected chi connectivity index (χ0v) is 20.0. The fourth-order valence-corrected chi connectivity index (χ4v) is 5.16. The van der Waals surface area contributed by atoms with E-state index in [4.69, 9.17) is 4.74 Å². The number of nitrogens with zero attached hydrogens (tertiary/aromatic N) is 3. The molecule has 3 heterocycles. The van der Waals surface area contributed by atoms with Gasteiger partial charge in [-0.2, -0.15) is 0 Å². The molecule has 0 saturated carbocycles. The van der Waals surface area contributed by atoms with Gasteiger partial charge in [0.2, 0.25) is 0 Å². The molecule has 2 saturated heterocycles. The molecule has 0 unspecified atom stereocenters. The molecular formula is C30H27N3O3. The van der Waals surface area contributed by atoms with Gasteiger partial charge in [-0.3, -0.25) is 14.5 Å². The Morgan fingerprint density at radius 3 is 2.25 bits per heavy atom. The number of ether oxygens (including phenoxy) is 1. The van der Waals surface area contributed by atoms with Gasteiger partial charge in [0, 0.05) is 37.1 Å². The van der Waals surface area contributed by atoms with Gasteiger partial charge in [-0.05, 0) is 46.5 Å². The van der Waals surface area contributed by atoms with E-state index >= 15 is 0 Å². The van der Waals surface area contributed by atoms with Crippen molar-refractivity contribution in [2.24, 2.45) is 0 Å². The monoisotopic (exact) mass is 477 g/mol. The summed E-state index contributed by atoms with van der Waals surface area (Å²) < 4.78 is 5.32. The molecule has 0 bridgehead atoms. The smallest absolute Gasteiger partial charge is 0.253 e. The van der Waals surface area contributed by atoms with Crippen molar-refractivity contribution < 1.29 is 14.3 Å². The van der Waals surface area contributed by atoms with E-state index in [2.05, 4.69) is 34.1 Å². The van der Waals surface area contributed by atoms with Gasteiger partial charge >= 0.3 is 0 Å². The molecule has 0 aliphatic carbocycles. The Labute approximate surface area is 210 Å². The van der Waals surface area contributed by atoms with Crippen molar-refractivity contribution in [2.45, 2.75) is 6.04 Å². The normalized spacial score (nSPS) is 16.6. The number of piperazine rings is 1. The van der Waals surface area contributed by atoms with Gasteiger partial charge in [0.05, 0.1) is 24.8 Å². The predicted octanol–water partition coefficient (Wildman–Crippen LogP) is 4.54. The van der Waals surface area contributed by atoms with Gasteiger partial charge in [-0.15, -0.1) is 0 Å². The third kappa shape index (κ3) is 4.19. The summed E-state index contributed by atoms with van der Waals surface area (Å²) in [6, 6.07) is 26.3.